The number of hydrogen-bond donors (Lipinski definition) is 2. The minimum Gasteiger partial charge on any atom is -0.394 e. The first-order valence-electron chi connectivity index (χ1n) is 6.62. The number of aliphatic hydroxyl groups is 1. The second-order valence-electron chi connectivity index (χ2n) is 5.10. The van der Waals surface area contributed by atoms with Crippen molar-refractivity contribution in [3.8, 4) is 0 Å². The maximum absolute atomic E-state index is 11.9. The molecule has 5 nitrogen and oxygen atoms in total. The van der Waals surface area contributed by atoms with Crippen molar-refractivity contribution in [2.24, 2.45) is 0 Å². The summed E-state index contributed by atoms with van der Waals surface area (Å²) in [7, 11) is 0. The maximum Gasteiger partial charge on any atom is 0.222 e. The molecule has 0 aromatic carbocycles. The van der Waals surface area contributed by atoms with Crippen molar-refractivity contribution in [3.05, 3.63) is 18.7 Å². The molecule has 18 heavy (non-hydrogen) atoms. The minimum atomic E-state index is -0.371. The molecule has 0 atom stereocenters. The van der Waals surface area contributed by atoms with Gasteiger partial charge in [-0.25, -0.2) is 4.98 Å². The minimum absolute atomic E-state index is 0.0136. The summed E-state index contributed by atoms with van der Waals surface area (Å²) in [6.07, 6.45) is 10.8. The Hall–Kier alpha value is -1.36. The SMILES string of the molecule is O=C(CCn1ccnc1)NC1(CO)CCCCC1. The molecule has 1 heterocycles. The third-order valence-electron chi connectivity index (χ3n) is 3.67. The van der Waals surface area contributed by atoms with Crippen LogP contribution < -0.4 is 5.32 Å². The van der Waals surface area contributed by atoms with E-state index in [2.05, 4.69) is 10.3 Å². The second-order valence-corrected chi connectivity index (χ2v) is 5.10. The number of aromatic nitrogens is 2. The second kappa shape index (κ2) is 6.00. The lowest BCUT2D eigenvalue weighted by Gasteiger charge is -2.36. The Kier molecular flexibility index (Phi) is 4.36. The van der Waals surface area contributed by atoms with Gasteiger partial charge in [0.2, 0.25) is 5.91 Å². The van der Waals surface area contributed by atoms with Crippen molar-refractivity contribution in [2.45, 2.75) is 50.6 Å². The number of carbonyl (C=O) groups is 1. The smallest absolute Gasteiger partial charge is 0.222 e. The Morgan fingerprint density at radius 1 is 1.39 bits per heavy atom. The van der Waals surface area contributed by atoms with Crippen molar-refractivity contribution in [3.63, 3.8) is 0 Å². The Labute approximate surface area is 107 Å². The van der Waals surface area contributed by atoms with Crippen molar-refractivity contribution >= 4 is 5.91 Å². The maximum atomic E-state index is 11.9. The highest BCUT2D eigenvalue weighted by molar-refractivity contribution is 5.76. The van der Waals surface area contributed by atoms with Crippen LogP contribution in [0.4, 0.5) is 0 Å². The number of aryl methyl sites for hydroxylation is 1. The third kappa shape index (κ3) is 3.32. The fraction of sp³-hybridized carbons (Fsp3) is 0.692. The Morgan fingerprint density at radius 2 is 2.17 bits per heavy atom. The number of carbonyl (C=O) groups excluding carboxylic acids is 1. The van der Waals surface area contributed by atoms with Gasteiger partial charge in [-0.1, -0.05) is 19.3 Å². The van der Waals surface area contributed by atoms with Crippen molar-refractivity contribution in [1.82, 2.24) is 14.9 Å². The molecule has 0 bridgehead atoms. The molecule has 1 aromatic heterocycles. The molecular formula is C13H21N3O2. The average Bonchev–Trinajstić information content (AvgIpc) is 2.91. The number of rotatable bonds is 5. The molecule has 1 aliphatic rings. The van der Waals surface area contributed by atoms with E-state index in [1.54, 1.807) is 12.5 Å². The number of nitrogens with one attached hydrogen (secondary N) is 1. The van der Waals surface area contributed by atoms with Gasteiger partial charge in [-0.05, 0) is 12.8 Å². The first-order chi connectivity index (χ1) is 8.74. The highest BCUT2D eigenvalue weighted by Crippen LogP contribution is 2.27. The summed E-state index contributed by atoms with van der Waals surface area (Å²) >= 11 is 0. The summed E-state index contributed by atoms with van der Waals surface area (Å²) in [6.45, 7) is 0.678. The third-order valence-corrected chi connectivity index (χ3v) is 3.67. The number of hydrogen-bond acceptors (Lipinski definition) is 3. The molecule has 0 aliphatic heterocycles. The van der Waals surface area contributed by atoms with Crippen molar-refractivity contribution in [1.29, 1.82) is 0 Å². The standard InChI is InChI=1S/C13H21N3O2/c17-10-13(5-2-1-3-6-13)15-12(18)4-8-16-9-7-14-11-16/h7,9,11,17H,1-6,8,10H2,(H,15,18). The monoisotopic (exact) mass is 251 g/mol. The molecule has 5 heteroatoms. The normalized spacial score (nSPS) is 18.5. The molecule has 100 valence electrons. The Bertz CT molecular complexity index is 370. The van der Waals surface area contributed by atoms with E-state index in [1.807, 2.05) is 10.8 Å². The summed E-state index contributed by atoms with van der Waals surface area (Å²) in [5.41, 5.74) is -0.371. The Balaban J connectivity index is 1.81. The first-order valence-corrected chi connectivity index (χ1v) is 6.62. The predicted molar refractivity (Wildman–Crippen MR) is 67.9 cm³/mol. The number of imidazole rings is 1. The molecular weight excluding hydrogens is 230 g/mol. The molecule has 1 saturated carbocycles. The summed E-state index contributed by atoms with van der Waals surface area (Å²) in [4.78, 5) is 15.9. The highest BCUT2D eigenvalue weighted by Gasteiger charge is 2.32. The molecule has 1 aromatic rings. The summed E-state index contributed by atoms with van der Waals surface area (Å²) in [5, 5.41) is 12.5. The lowest BCUT2D eigenvalue weighted by Crippen LogP contribution is -2.52. The zero-order valence-electron chi connectivity index (χ0n) is 10.6. The summed E-state index contributed by atoms with van der Waals surface area (Å²) in [5.74, 6) is 0.0136. The van der Waals surface area contributed by atoms with Gasteiger partial charge in [0.1, 0.15) is 0 Å². The predicted octanol–water partition coefficient (Wildman–Crippen LogP) is 1.08. The van der Waals surface area contributed by atoms with Crippen LogP contribution in [0.3, 0.4) is 0 Å². The quantitative estimate of drug-likeness (QED) is 0.823. The fourth-order valence-electron chi connectivity index (χ4n) is 2.56. The van der Waals surface area contributed by atoms with E-state index in [4.69, 9.17) is 0 Å². The van der Waals surface area contributed by atoms with E-state index in [9.17, 15) is 9.90 Å². The molecule has 1 fully saturated rings. The average molecular weight is 251 g/mol. The van der Waals surface area contributed by atoms with E-state index in [-0.39, 0.29) is 18.1 Å². The van der Waals surface area contributed by atoms with Gasteiger partial charge in [0, 0.05) is 25.4 Å². The van der Waals surface area contributed by atoms with Gasteiger partial charge in [-0.3, -0.25) is 4.79 Å². The molecule has 0 radical (unpaired) electrons. The first kappa shape index (κ1) is 13.1. The van der Waals surface area contributed by atoms with Gasteiger partial charge >= 0.3 is 0 Å². The van der Waals surface area contributed by atoms with Crippen LogP contribution in [0.2, 0.25) is 0 Å². The lowest BCUT2D eigenvalue weighted by molar-refractivity contribution is -0.124. The van der Waals surface area contributed by atoms with Gasteiger partial charge in [-0.15, -0.1) is 0 Å². The zero-order valence-corrected chi connectivity index (χ0v) is 10.6. The van der Waals surface area contributed by atoms with Crippen LogP contribution in [0, 0.1) is 0 Å². The molecule has 2 rings (SSSR count). The van der Waals surface area contributed by atoms with Crippen LogP contribution in [0.5, 0.6) is 0 Å². The van der Waals surface area contributed by atoms with Crippen molar-refractivity contribution in [2.75, 3.05) is 6.61 Å². The van der Waals surface area contributed by atoms with Gasteiger partial charge in [0.15, 0.2) is 0 Å². The summed E-state index contributed by atoms with van der Waals surface area (Å²) < 4.78 is 1.88. The molecule has 0 saturated heterocycles. The van der Waals surface area contributed by atoms with Gasteiger partial charge in [-0.2, -0.15) is 0 Å². The lowest BCUT2D eigenvalue weighted by atomic mass is 9.82. The van der Waals surface area contributed by atoms with Gasteiger partial charge in [0.05, 0.1) is 18.5 Å². The fourth-order valence-corrected chi connectivity index (χ4v) is 2.56. The topological polar surface area (TPSA) is 67.2 Å². The van der Waals surface area contributed by atoms with Crippen LogP contribution in [0.1, 0.15) is 38.5 Å². The summed E-state index contributed by atoms with van der Waals surface area (Å²) in [6, 6.07) is 0. The molecule has 0 spiro atoms. The molecule has 0 unspecified atom stereocenters. The largest absolute Gasteiger partial charge is 0.394 e. The highest BCUT2D eigenvalue weighted by atomic mass is 16.3. The van der Waals surface area contributed by atoms with Crippen LogP contribution in [0.15, 0.2) is 18.7 Å². The van der Waals surface area contributed by atoms with Crippen LogP contribution in [-0.4, -0.2) is 32.7 Å². The van der Waals surface area contributed by atoms with Gasteiger partial charge < -0.3 is 15.0 Å². The van der Waals surface area contributed by atoms with Crippen LogP contribution >= 0.6 is 0 Å². The zero-order chi connectivity index (χ0) is 12.8. The number of amides is 1. The molecule has 1 aliphatic carbocycles. The molecule has 1 amide bonds. The van der Waals surface area contributed by atoms with Gasteiger partial charge in [0.25, 0.3) is 0 Å². The molecule has 2 N–H and O–H groups in total. The Morgan fingerprint density at radius 3 is 2.78 bits per heavy atom. The van der Waals surface area contributed by atoms with E-state index in [0.29, 0.717) is 13.0 Å². The van der Waals surface area contributed by atoms with E-state index >= 15 is 0 Å². The van der Waals surface area contributed by atoms with Crippen molar-refractivity contribution < 1.29 is 9.90 Å². The number of nitrogens with zero attached hydrogens (tertiary/aromatic N) is 2. The van der Waals surface area contributed by atoms with E-state index < -0.39 is 0 Å². The number of aliphatic hydroxyl groups excluding tert-OH is 1. The van der Waals surface area contributed by atoms with Crippen LogP contribution in [-0.2, 0) is 11.3 Å². The van der Waals surface area contributed by atoms with E-state index in [1.165, 1.54) is 6.42 Å². The van der Waals surface area contributed by atoms with Crippen LogP contribution in [0.25, 0.3) is 0 Å². The van der Waals surface area contributed by atoms with E-state index in [0.717, 1.165) is 25.7 Å².